The number of rotatable bonds is 7. The molecule has 10 aromatic rings. The van der Waals surface area contributed by atoms with Gasteiger partial charge in [0.25, 0.3) is 0 Å². The van der Waals surface area contributed by atoms with Gasteiger partial charge in [-0.05, 0) is 52.4 Å². The molecule has 0 saturated heterocycles. The summed E-state index contributed by atoms with van der Waals surface area (Å²) in [6.07, 6.45) is 0. The summed E-state index contributed by atoms with van der Waals surface area (Å²) >= 11 is 0. The van der Waals surface area contributed by atoms with E-state index in [1.54, 1.807) is 0 Å². The van der Waals surface area contributed by atoms with Crippen LogP contribution in [0.1, 0.15) is 5.56 Å². The van der Waals surface area contributed by atoms with Crippen molar-refractivity contribution >= 4 is 21.8 Å². The van der Waals surface area contributed by atoms with Gasteiger partial charge in [0.05, 0.1) is 16.7 Å². The monoisotopic (exact) mass is 716 g/mol. The Morgan fingerprint density at radius 3 is 1.34 bits per heavy atom. The third-order valence-corrected chi connectivity index (χ3v) is 10.6. The molecule has 2 heterocycles. The second kappa shape index (κ2) is 14.1. The molecule has 0 aliphatic rings. The van der Waals surface area contributed by atoms with Gasteiger partial charge in [0.1, 0.15) is 0 Å². The SMILES string of the molecule is Cc1cccc2c3ccccc3n(-c3cc(-c4nc(-c5ccc(-c6ccccc6)cc5)nc(-c5ccc(-c6ccccc6)cc5)n4)ccc3-c3ccccc3)c12. The van der Waals surface area contributed by atoms with Crippen LogP contribution in [0.5, 0.6) is 0 Å². The van der Waals surface area contributed by atoms with E-state index in [2.05, 4.69) is 200 Å². The third kappa shape index (κ3) is 6.04. The van der Waals surface area contributed by atoms with Crippen LogP contribution in [0, 0.1) is 6.92 Å². The van der Waals surface area contributed by atoms with Gasteiger partial charge in [-0.15, -0.1) is 0 Å². The fourth-order valence-corrected chi connectivity index (χ4v) is 7.81. The third-order valence-electron chi connectivity index (χ3n) is 10.6. The minimum absolute atomic E-state index is 0.614. The molecule has 4 heteroatoms. The van der Waals surface area contributed by atoms with Gasteiger partial charge < -0.3 is 4.57 Å². The predicted octanol–water partition coefficient (Wildman–Crippen LogP) is 13.3. The van der Waals surface area contributed by atoms with Gasteiger partial charge in [0, 0.05) is 33.0 Å². The van der Waals surface area contributed by atoms with E-state index < -0.39 is 0 Å². The lowest BCUT2D eigenvalue weighted by Crippen LogP contribution is -2.02. The zero-order valence-electron chi connectivity index (χ0n) is 30.8. The molecule has 0 amide bonds. The minimum Gasteiger partial charge on any atom is -0.308 e. The largest absolute Gasteiger partial charge is 0.308 e. The Kier molecular flexibility index (Phi) is 8.34. The lowest BCUT2D eigenvalue weighted by Gasteiger charge is -2.17. The fraction of sp³-hybridized carbons (Fsp3) is 0.0192. The number of fused-ring (bicyclic) bond motifs is 3. The van der Waals surface area contributed by atoms with Crippen LogP contribution in [0.15, 0.2) is 200 Å². The van der Waals surface area contributed by atoms with Gasteiger partial charge in [0.15, 0.2) is 17.5 Å². The van der Waals surface area contributed by atoms with E-state index in [9.17, 15) is 0 Å². The zero-order chi connectivity index (χ0) is 37.4. The first-order chi connectivity index (χ1) is 27.7. The van der Waals surface area contributed by atoms with E-state index in [1.807, 2.05) is 12.1 Å². The van der Waals surface area contributed by atoms with E-state index in [-0.39, 0.29) is 0 Å². The highest BCUT2D eigenvalue weighted by molar-refractivity contribution is 6.10. The van der Waals surface area contributed by atoms with Gasteiger partial charge in [-0.3, -0.25) is 0 Å². The van der Waals surface area contributed by atoms with Crippen molar-refractivity contribution in [3.8, 4) is 73.2 Å². The highest BCUT2D eigenvalue weighted by atomic mass is 15.0. The Hall–Kier alpha value is -7.43. The molecule has 2 aromatic heterocycles. The highest BCUT2D eigenvalue weighted by Crippen LogP contribution is 2.39. The molecule has 0 aliphatic heterocycles. The van der Waals surface area contributed by atoms with E-state index in [0.717, 1.165) is 50.1 Å². The molecular formula is C52H36N4. The van der Waals surface area contributed by atoms with Gasteiger partial charge >= 0.3 is 0 Å². The first-order valence-corrected chi connectivity index (χ1v) is 18.9. The molecule has 0 bridgehead atoms. The molecule has 0 radical (unpaired) electrons. The van der Waals surface area contributed by atoms with E-state index >= 15 is 0 Å². The molecule has 264 valence electrons. The first kappa shape index (κ1) is 33.2. The van der Waals surface area contributed by atoms with E-state index in [4.69, 9.17) is 15.0 Å². The number of para-hydroxylation sites is 2. The molecule has 0 atom stereocenters. The van der Waals surface area contributed by atoms with Crippen molar-refractivity contribution in [2.75, 3.05) is 0 Å². The van der Waals surface area contributed by atoms with Crippen LogP contribution in [0.4, 0.5) is 0 Å². The summed E-state index contributed by atoms with van der Waals surface area (Å²) in [6, 6.07) is 70.3. The molecule has 10 rings (SSSR count). The maximum atomic E-state index is 5.20. The smallest absolute Gasteiger partial charge is 0.164 e. The molecule has 0 unspecified atom stereocenters. The molecule has 0 spiro atoms. The Morgan fingerprint density at radius 1 is 0.339 bits per heavy atom. The maximum Gasteiger partial charge on any atom is 0.164 e. The summed E-state index contributed by atoms with van der Waals surface area (Å²) < 4.78 is 2.42. The average Bonchev–Trinajstić information content (AvgIpc) is 3.62. The summed E-state index contributed by atoms with van der Waals surface area (Å²) in [5.41, 5.74) is 14.3. The molecule has 0 N–H and O–H groups in total. The van der Waals surface area contributed by atoms with Gasteiger partial charge in [-0.1, -0.05) is 188 Å². The molecule has 0 fully saturated rings. The summed E-state index contributed by atoms with van der Waals surface area (Å²) in [5.74, 6) is 1.86. The van der Waals surface area contributed by atoms with Gasteiger partial charge in [0.2, 0.25) is 0 Å². The molecule has 8 aromatic carbocycles. The highest BCUT2D eigenvalue weighted by Gasteiger charge is 2.20. The predicted molar refractivity (Wildman–Crippen MR) is 232 cm³/mol. The summed E-state index contributed by atoms with van der Waals surface area (Å²) in [4.78, 5) is 15.5. The molecule has 0 aliphatic carbocycles. The van der Waals surface area contributed by atoms with Crippen molar-refractivity contribution in [3.05, 3.63) is 206 Å². The van der Waals surface area contributed by atoms with Crippen molar-refractivity contribution in [2.24, 2.45) is 0 Å². The van der Waals surface area contributed by atoms with Crippen molar-refractivity contribution in [1.82, 2.24) is 19.5 Å². The minimum atomic E-state index is 0.614. The van der Waals surface area contributed by atoms with E-state index in [1.165, 1.54) is 33.0 Å². The summed E-state index contributed by atoms with van der Waals surface area (Å²) in [6.45, 7) is 2.19. The molecule has 56 heavy (non-hydrogen) atoms. The second-order valence-corrected chi connectivity index (χ2v) is 14.1. The maximum absolute atomic E-state index is 5.20. The molecular weight excluding hydrogens is 681 g/mol. The van der Waals surface area contributed by atoms with Crippen LogP contribution < -0.4 is 0 Å². The van der Waals surface area contributed by atoms with Crippen LogP contribution in [0.25, 0.3) is 95.0 Å². The van der Waals surface area contributed by atoms with Crippen LogP contribution in [-0.2, 0) is 0 Å². The normalized spacial score (nSPS) is 11.3. The van der Waals surface area contributed by atoms with Crippen LogP contribution in [0.2, 0.25) is 0 Å². The Bertz CT molecular complexity index is 2890. The Morgan fingerprint density at radius 2 is 0.768 bits per heavy atom. The lowest BCUT2D eigenvalue weighted by molar-refractivity contribution is 1.07. The van der Waals surface area contributed by atoms with Crippen LogP contribution in [-0.4, -0.2) is 19.5 Å². The Balaban J connectivity index is 1.18. The number of hydrogen-bond acceptors (Lipinski definition) is 3. The summed E-state index contributed by atoms with van der Waals surface area (Å²) in [7, 11) is 0. The van der Waals surface area contributed by atoms with Crippen molar-refractivity contribution in [3.63, 3.8) is 0 Å². The fourth-order valence-electron chi connectivity index (χ4n) is 7.81. The van der Waals surface area contributed by atoms with Gasteiger partial charge in [-0.2, -0.15) is 0 Å². The molecule has 4 nitrogen and oxygen atoms in total. The Labute approximate surface area is 326 Å². The van der Waals surface area contributed by atoms with Gasteiger partial charge in [-0.25, -0.2) is 15.0 Å². The second-order valence-electron chi connectivity index (χ2n) is 14.1. The number of aryl methyl sites for hydroxylation is 1. The standard InChI is InChI=1S/C52H36N4/c1-35-14-13-22-46-45-21-11-12-23-47(45)56(49(35)46)48-34-43(32-33-44(48)40-19-9-4-10-20-40)52-54-50(41-28-24-38(25-29-41)36-15-5-2-6-16-36)53-51(55-52)42-30-26-39(27-31-42)37-17-7-3-8-18-37/h2-34H,1H3. The van der Waals surface area contributed by atoms with Crippen LogP contribution in [0.3, 0.4) is 0 Å². The number of aromatic nitrogens is 4. The van der Waals surface area contributed by atoms with Crippen LogP contribution >= 0.6 is 0 Å². The van der Waals surface area contributed by atoms with Crippen molar-refractivity contribution in [1.29, 1.82) is 0 Å². The summed E-state index contributed by atoms with van der Waals surface area (Å²) in [5, 5.41) is 2.45. The quantitative estimate of drug-likeness (QED) is 0.165. The zero-order valence-corrected chi connectivity index (χ0v) is 30.8. The topological polar surface area (TPSA) is 43.6 Å². The van der Waals surface area contributed by atoms with Crippen molar-refractivity contribution in [2.45, 2.75) is 6.92 Å². The number of hydrogen-bond donors (Lipinski definition) is 0. The number of nitrogens with zero attached hydrogens (tertiary/aromatic N) is 4. The lowest BCUT2D eigenvalue weighted by atomic mass is 10.00. The first-order valence-electron chi connectivity index (χ1n) is 18.9. The average molecular weight is 717 g/mol. The van der Waals surface area contributed by atoms with Crippen molar-refractivity contribution < 1.29 is 0 Å². The molecule has 0 saturated carbocycles. The van der Waals surface area contributed by atoms with E-state index in [0.29, 0.717) is 17.5 Å². The number of benzene rings is 8.